The Bertz CT molecular complexity index is 371. The van der Waals surface area contributed by atoms with Crippen molar-refractivity contribution in [2.45, 2.75) is 32.2 Å². The Hall–Kier alpha value is -1.06. The van der Waals surface area contributed by atoms with Gasteiger partial charge in [0.05, 0.1) is 6.61 Å². The molecule has 0 saturated carbocycles. The van der Waals surface area contributed by atoms with E-state index < -0.39 is 0 Å². The number of nitrogens with one attached hydrogen (secondary N) is 1. The molecule has 1 unspecified atom stereocenters. The smallest absolute Gasteiger partial charge is 0.119 e. The van der Waals surface area contributed by atoms with Gasteiger partial charge in [-0.1, -0.05) is 19.1 Å². The molecule has 1 aromatic carbocycles. The summed E-state index contributed by atoms with van der Waals surface area (Å²) in [5.41, 5.74) is 1.30. The maximum atomic E-state index is 5.94. The van der Waals surface area contributed by atoms with Crippen LogP contribution in [0, 0.1) is 5.92 Å². The second kappa shape index (κ2) is 7.51. The van der Waals surface area contributed by atoms with E-state index in [9.17, 15) is 0 Å². The van der Waals surface area contributed by atoms with Crippen molar-refractivity contribution < 1.29 is 9.47 Å². The van der Waals surface area contributed by atoms with E-state index in [0.29, 0.717) is 12.0 Å². The lowest BCUT2D eigenvalue weighted by Gasteiger charge is -2.22. The molecule has 1 N–H and O–H groups in total. The van der Waals surface area contributed by atoms with Crippen LogP contribution in [0.5, 0.6) is 5.75 Å². The summed E-state index contributed by atoms with van der Waals surface area (Å²) < 4.78 is 11.3. The predicted molar refractivity (Wildman–Crippen MR) is 77.6 cm³/mol. The van der Waals surface area contributed by atoms with Gasteiger partial charge in [-0.3, -0.25) is 0 Å². The molecule has 1 aliphatic rings. The van der Waals surface area contributed by atoms with Crippen LogP contribution in [0.25, 0.3) is 0 Å². The molecule has 1 saturated heterocycles. The minimum Gasteiger partial charge on any atom is -0.493 e. The molecule has 1 atom stereocenters. The summed E-state index contributed by atoms with van der Waals surface area (Å²) in [6.07, 6.45) is 3.32. The zero-order chi connectivity index (χ0) is 13.5. The topological polar surface area (TPSA) is 30.5 Å². The Kier molecular flexibility index (Phi) is 5.67. The van der Waals surface area contributed by atoms with E-state index in [1.165, 1.54) is 5.56 Å². The summed E-state index contributed by atoms with van der Waals surface area (Å²) in [6, 6.07) is 8.85. The van der Waals surface area contributed by atoms with E-state index in [4.69, 9.17) is 9.47 Å². The average Bonchev–Trinajstić information content (AvgIpc) is 2.48. The molecule has 0 bridgehead atoms. The van der Waals surface area contributed by atoms with Crippen molar-refractivity contribution in [2.75, 3.05) is 26.9 Å². The van der Waals surface area contributed by atoms with Gasteiger partial charge in [-0.15, -0.1) is 0 Å². The molecular weight excluding hydrogens is 238 g/mol. The van der Waals surface area contributed by atoms with E-state index in [0.717, 1.165) is 44.8 Å². The SMILES string of the molecule is CCC(NC)c1cccc(OCC2CCOCC2)c1. The van der Waals surface area contributed by atoms with Crippen molar-refractivity contribution in [1.82, 2.24) is 5.32 Å². The maximum Gasteiger partial charge on any atom is 0.119 e. The van der Waals surface area contributed by atoms with Crippen LogP contribution in [0.15, 0.2) is 24.3 Å². The number of hydrogen-bond donors (Lipinski definition) is 1. The van der Waals surface area contributed by atoms with Gasteiger partial charge < -0.3 is 14.8 Å². The van der Waals surface area contributed by atoms with Gasteiger partial charge in [0.1, 0.15) is 5.75 Å². The van der Waals surface area contributed by atoms with Gasteiger partial charge in [0.25, 0.3) is 0 Å². The van der Waals surface area contributed by atoms with Crippen molar-refractivity contribution in [3.05, 3.63) is 29.8 Å². The van der Waals surface area contributed by atoms with E-state index in [1.54, 1.807) is 0 Å². The highest BCUT2D eigenvalue weighted by Gasteiger charge is 2.14. The Morgan fingerprint density at radius 1 is 1.37 bits per heavy atom. The van der Waals surface area contributed by atoms with Gasteiger partial charge in [0.2, 0.25) is 0 Å². The van der Waals surface area contributed by atoms with E-state index >= 15 is 0 Å². The second-order valence-electron chi connectivity index (χ2n) is 5.19. The fourth-order valence-corrected chi connectivity index (χ4v) is 2.55. The molecule has 1 aliphatic heterocycles. The molecule has 0 aromatic heterocycles. The van der Waals surface area contributed by atoms with Crippen molar-refractivity contribution >= 4 is 0 Å². The first-order valence-corrected chi connectivity index (χ1v) is 7.31. The summed E-state index contributed by atoms with van der Waals surface area (Å²) in [5, 5.41) is 3.33. The second-order valence-corrected chi connectivity index (χ2v) is 5.19. The summed E-state index contributed by atoms with van der Waals surface area (Å²) in [7, 11) is 2.00. The van der Waals surface area contributed by atoms with E-state index in [2.05, 4.69) is 30.4 Å². The third-order valence-electron chi connectivity index (χ3n) is 3.84. The van der Waals surface area contributed by atoms with Crippen LogP contribution in [0.1, 0.15) is 37.8 Å². The lowest BCUT2D eigenvalue weighted by molar-refractivity contribution is 0.0497. The van der Waals surface area contributed by atoms with Crippen molar-refractivity contribution in [2.24, 2.45) is 5.92 Å². The number of benzene rings is 1. The molecule has 0 aliphatic carbocycles. The summed E-state index contributed by atoms with van der Waals surface area (Å²) >= 11 is 0. The molecule has 0 amide bonds. The van der Waals surface area contributed by atoms with E-state index in [-0.39, 0.29) is 0 Å². The minimum atomic E-state index is 0.409. The highest BCUT2D eigenvalue weighted by Crippen LogP contribution is 2.23. The normalized spacial score (nSPS) is 18.2. The first-order valence-electron chi connectivity index (χ1n) is 7.31. The third kappa shape index (κ3) is 4.22. The van der Waals surface area contributed by atoms with Crippen LogP contribution >= 0.6 is 0 Å². The van der Waals surface area contributed by atoms with Crippen LogP contribution in [-0.4, -0.2) is 26.9 Å². The van der Waals surface area contributed by atoms with Gasteiger partial charge in [0, 0.05) is 19.3 Å². The van der Waals surface area contributed by atoms with Crippen LogP contribution in [0.2, 0.25) is 0 Å². The molecule has 3 nitrogen and oxygen atoms in total. The molecule has 106 valence electrons. The fourth-order valence-electron chi connectivity index (χ4n) is 2.55. The Morgan fingerprint density at radius 3 is 2.84 bits per heavy atom. The van der Waals surface area contributed by atoms with Gasteiger partial charge in [-0.05, 0) is 49.9 Å². The molecule has 3 heteroatoms. The molecule has 1 fully saturated rings. The number of ether oxygens (including phenoxy) is 2. The first-order chi connectivity index (χ1) is 9.33. The first kappa shape index (κ1) is 14.4. The molecule has 0 spiro atoms. The Balaban J connectivity index is 1.90. The van der Waals surface area contributed by atoms with E-state index in [1.807, 2.05) is 13.1 Å². The monoisotopic (exact) mass is 263 g/mol. The third-order valence-corrected chi connectivity index (χ3v) is 3.84. The minimum absolute atomic E-state index is 0.409. The highest BCUT2D eigenvalue weighted by atomic mass is 16.5. The largest absolute Gasteiger partial charge is 0.493 e. The van der Waals surface area contributed by atoms with Gasteiger partial charge >= 0.3 is 0 Å². The standard InChI is InChI=1S/C16H25NO2/c1-3-16(17-2)14-5-4-6-15(11-14)19-12-13-7-9-18-10-8-13/h4-6,11,13,16-17H,3,7-10,12H2,1-2H3. The van der Waals surface area contributed by atoms with Gasteiger partial charge in [0.15, 0.2) is 0 Å². The molecule has 1 heterocycles. The predicted octanol–water partition coefficient (Wildman–Crippen LogP) is 3.16. The highest BCUT2D eigenvalue weighted by molar-refractivity contribution is 5.30. The van der Waals surface area contributed by atoms with Crippen molar-refractivity contribution in [3.8, 4) is 5.75 Å². The van der Waals surface area contributed by atoms with Crippen LogP contribution in [0.4, 0.5) is 0 Å². The summed E-state index contributed by atoms with van der Waals surface area (Å²) in [5.74, 6) is 1.63. The zero-order valence-corrected chi connectivity index (χ0v) is 12.0. The zero-order valence-electron chi connectivity index (χ0n) is 12.0. The van der Waals surface area contributed by atoms with Crippen molar-refractivity contribution in [3.63, 3.8) is 0 Å². The van der Waals surface area contributed by atoms with Crippen LogP contribution in [-0.2, 0) is 4.74 Å². The molecule has 1 aromatic rings. The molecule has 0 radical (unpaired) electrons. The van der Waals surface area contributed by atoms with Crippen molar-refractivity contribution in [1.29, 1.82) is 0 Å². The lowest BCUT2D eigenvalue weighted by atomic mass is 10.0. The Morgan fingerprint density at radius 2 is 2.16 bits per heavy atom. The van der Waals surface area contributed by atoms with Crippen LogP contribution < -0.4 is 10.1 Å². The number of hydrogen-bond acceptors (Lipinski definition) is 3. The molecule has 19 heavy (non-hydrogen) atoms. The lowest BCUT2D eigenvalue weighted by Crippen LogP contribution is -2.21. The van der Waals surface area contributed by atoms with Gasteiger partial charge in [-0.25, -0.2) is 0 Å². The van der Waals surface area contributed by atoms with Gasteiger partial charge in [-0.2, -0.15) is 0 Å². The quantitative estimate of drug-likeness (QED) is 0.855. The maximum absolute atomic E-state index is 5.94. The molecular formula is C16H25NO2. The fraction of sp³-hybridized carbons (Fsp3) is 0.625. The summed E-state index contributed by atoms with van der Waals surface area (Å²) in [4.78, 5) is 0. The number of rotatable bonds is 6. The van der Waals surface area contributed by atoms with Crippen LogP contribution in [0.3, 0.4) is 0 Å². The average molecular weight is 263 g/mol. The molecule has 2 rings (SSSR count). The summed E-state index contributed by atoms with van der Waals surface area (Å²) in [6.45, 7) is 4.76. The Labute approximate surface area is 116 Å².